The number of ether oxygens (including phenoxy) is 3. The van der Waals surface area contributed by atoms with Crippen LogP contribution in [0.2, 0.25) is 0 Å². The lowest BCUT2D eigenvalue weighted by Gasteiger charge is -2.21. The van der Waals surface area contributed by atoms with Gasteiger partial charge in [0.2, 0.25) is 0 Å². The average molecular weight is 1090 g/mol. The Morgan fingerprint density at radius 3 is 1.11 bits per heavy atom. The summed E-state index contributed by atoms with van der Waals surface area (Å²) >= 11 is 0. The molecule has 438 valence electrons. The van der Waals surface area contributed by atoms with Crippen molar-refractivity contribution in [3.63, 3.8) is 0 Å². The highest BCUT2D eigenvalue weighted by Gasteiger charge is 2.28. The molecule has 0 amide bonds. The van der Waals surface area contributed by atoms with E-state index in [1.165, 1.54) is 70.6 Å². The standard InChI is InChI=1S/C64H111O11P/c1-4-7-10-13-16-19-22-24-26-28-30-32-34-36-39-41-44-47-50-53-62(66)71-57-61(75-64(68)55-52-49-46-43-40-37-35-33-31-29-27-25-23-20-17-14-11-8-5-2)59-73-76(69,70)72-58-60(56-65)74-63(67)54-51-48-45-42-38-21-18-15-12-9-6-3/h8,11,15-20,24-27,31,33,60-61,65H,4-7,9-10,12-14,21-23,28-30,32,34-59H2,1-3H3,(H,69,70)/b11-8-,18-15-,19-16-,20-17-,26-24-,27-25-,33-31-. The summed E-state index contributed by atoms with van der Waals surface area (Å²) in [5.74, 6) is -1.49. The summed E-state index contributed by atoms with van der Waals surface area (Å²) in [5, 5.41) is 9.81. The fraction of sp³-hybridized carbons (Fsp3) is 0.734. The van der Waals surface area contributed by atoms with Crippen molar-refractivity contribution in [1.29, 1.82) is 0 Å². The van der Waals surface area contributed by atoms with Gasteiger partial charge in [-0.1, -0.05) is 221 Å². The van der Waals surface area contributed by atoms with Crippen LogP contribution in [0.3, 0.4) is 0 Å². The van der Waals surface area contributed by atoms with Gasteiger partial charge >= 0.3 is 25.7 Å². The normalized spacial score (nSPS) is 13.9. The lowest BCUT2D eigenvalue weighted by molar-refractivity contribution is -0.161. The van der Waals surface area contributed by atoms with Gasteiger partial charge in [-0.15, -0.1) is 0 Å². The number of carbonyl (C=O) groups excluding carboxylic acids is 3. The highest BCUT2D eigenvalue weighted by atomic mass is 31.2. The first kappa shape index (κ1) is 72.7. The third-order valence-electron chi connectivity index (χ3n) is 12.8. The lowest BCUT2D eigenvalue weighted by Crippen LogP contribution is -2.30. The number of esters is 3. The van der Waals surface area contributed by atoms with Crippen LogP contribution in [0, 0.1) is 0 Å². The van der Waals surface area contributed by atoms with Crippen molar-refractivity contribution >= 4 is 25.7 Å². The first-order valence-corrected chi connectivity index (χ1v) is 32.0. The second kappa shape index (κ2) is 57.8. The Hall–Kier alpha value is -3.34. The van der Waals surface area contributed by atoms with E-state index in [0.717, 1.165) is 135 Å². The number of carbonyl (C=O) groups is 3. The third-order valence-corrected chi connectivity index (χ3v) is 13.7. The SMILES string of the molecule is CC/C=C\C/C=C\C/C=C\C/C=C\CCCCCCCCC(=O)OC(COC(=O)CCCCCCCCCCC/C=C\C/C=C\CCCCC)COP(=O)(O)OCC(CO)OC(=O)CCCCCCC/C=C\CCCC. The second-order valence-corrected chi connectivity index (χ2v) is 21.6. The predicted octanol–water partition coefficient (Wildman–Crippen LogP) is 18.3. The van der Waals surface area contributed by atoms with E-state index in [1.54, 1.807) is 0 Å². The predicted molar refractivity (Wildman–Crippen MR) is 316 cm³/mol. The summed E-state index contributed by atoms with van der Waals surface area (Å²) in [6, 6.07) is 0. The fourth-order valence-corrected chi connectivity index (χ4v) is 8.91. The van der Waals surface area contributed by atoms with Crippen LogP contribution >= 0.6 is 7.82 Å². The zero-order valence-electron chi connectivity index (χ0n) is 48.5. The van der Waals surface area contributed by atoms with Gasteiger partial charge in [-0.05, 0) is 109 Å². The Kier molecular flexibility index (Phi) is 55.3. The summed E-state index contributed by atoms with van der Waals surface area (Å²) in [4.78, 5) is 48.6. The van der Waals surface area contributed by atoms with E-state index in [-0.39, 0.29) is 25.9 Å². The van der Waals surface area contributed by atoms with E-state index in [0.29, 0.717) is 19.3 Å². The molecule has 0 bridgehead atoms. The number of aliphatic hydroxyl groups excluding tert-OH is 1. The van der Waals surface area contributed by atoms with Crippen LogP contribution in [0.5, 0.6) is 0 Å². The molecule has 0 saturated carbocycles. The molecular weight excluding hydrogens is 976 g/mol. The highest BCUT2D eigenvalue weighted by Crippen LogP contribution is 2.43. The quantitative estimate of drug-likeness (QED) is 0.0197. The molecule has 0 aliphatic heterocycles. The molecule has 0 aromatic heterocycles. The zero-order chi connectivity index (χ0) is 55.5. The van der Waals surface area contributed by atoms with Gasteiger partial charge in [-0.25, -0.2) is 4.57 Å². The maximum Gasteiger partial charge on any atom is 0.472 e. The van der Waals surface area contributed by atoms with E-state index in [1.807, 2.05) is 0 Å². The Balaban J connectivity index is 4.74. The molecule has 76 heavy (non-hydrogen) atoms. The van der Waals surface area contributed by atoms with Crippen LogP contribution in [-0.4, -0.2) is 66.5 Å². The molecular formula is C64H111O11P. The van der Waals surface area contributed by atoms with Gasteiger partial charge in [0.25, 0.3) is 0 Å². The van der Waals surface area contributed by atoms with Crippen LogP contribution in [-0.2, 0) is 42.2 Å². The molecule has 12 heteroatoms. The van der Waals surface area contributed by atoms with Gasteiger partial charge in [0, 0.05) is 19.3 Å². The molecule has 0 fully saturated rings. The molecule has 11 nitrogen and oxygen atoms in total. The van der Waals surface area contributed by atoms with Gasteiger partial charge in [0.15, 0.2) is 6.10 Å². The van der Waals surface area contributed by atoms with Crippen molar-refractivity contribution in [3.8, 4) is 0 Å². The van der Waals surface area contributed by atoms with E-state index < -0.39 is 57.8 Å². The minimum Gasteiger partial charge on any atom is -0.462 e. The monoisotopic (exact) mass is 1090 g/mol. The van der Waals surface area contributed by atoms with E-state index >= 15 is 0 Å². The molecule has 2 N–H and O–H groups in total. The topological polar surface area (TPSA) is 155 Å². The van der Waals surface area contributed by atoms with Crippen molar-refractivity contribution in [1.82, 2.24) is 0 Å². The Morgan fingerprint density at radius 1 is 0.382 bits per heavy atom. The summed E-state index contributed by atoms with van der Waals surface area (Å²) in [5.41, 5.74) is 0. The number of rotatable bonds is 56. The highest BCUT2D eigenvalue weighted by molar-refractivity contribution is 7.47. The largest absolute Gasteiger partial charge is 0.472 e. The van der Waals surface area contributed by atoms with Crippen molar-refractivity contribution in [2.75, 3.05) is 26.4 Å². The molecule has 0 saturated heterocycles. The smallest absolute Gasteiger partial charge is 0.462 e. The Labute approximate surface area is 464 Å². The van der Waals surface area contributed by atoms with Crippen molar-refractivity contribution < 1.29 is 52.2 Å². The van der Waals surface area contributed by atoms with Crippen molar-refractivity contribution in [3.05, 3.63) is 85.1 Å². The average Bonchev–Trinajstić information content (AvgIpc) is 3.41. The van der Waals surface area contributed by atoms with Gasteiger partial charge in [0.05, 0.1) is 19.8 Å². The van der Waals surface area contributed by atoms with Crippen LogP contribution in [0.1, 0.15) is 265 Å². The van der Waals surface area contributed by atoms with Gasteiger partial charge in [-0.3, -0.25) is 23.4 Å². The minimum atomic E-state index is -4.76. The first-order valence-electron chi connectivity index (χ1n) is 30.5. The molecule has 0 spiro atoms. The van der Waals surface area contributed by atoms with Gasteiger partial charge in [-0.2, -0.15) is 0 Å². The molecule has 0 aromatic carbocycles. The van der Waals surface area contributed by atoms with Crippen LogP contribution in [0.4, 0.5) is 0 Å². The maximum absolute atomic E-state index is 12.9. The maximum atomic E-state index is 12.9. The van der Waals surface area contributed by atoms with E-state index in [4.69, 9.17) is 23.3 Å². The number of unbranched alkanes of at least 4 members (excludes halogenated alkanes) is 25. The van der Waals surface area contributed by atoms with Gasteiger partial charge < -0.3 is 24.2 Å². The molecule has 0 aromatic rings. The summed E-state index contributed by atoms with van der Waals surface area (Å²) in [7, 11) is -4.76. The Morgan fingerprint density at radius 2 is 0.697 bits per heavy atom. The molecule has 3 atom stereocenters. The first-order chi connectivity index (χ1) is 37.2. The lowest BCUT2D eigenvalue weighted by atomic mass is 10.1. The number of allylic oxidation sites excluding steroid dienone is 14. The number of phosphoric acid groups is 1. The second-order valence-electron chi connectivity index (χ2n) is 20.1. The molecule has 3 unspecified atom stereocenters. The zero-order valence-corrected chi connectivity index (χ0v) is 49.3. The fourth-order valence-electron chi connectivity index (χ4n) is 8.12. The van der Waals surface area contributed by atoms with Crippen molar-refractivity contribution in [2.45, 2.75) is 277 Å². The molecule has 0 rings (SSSR count). The van der Waals surface area contributed by atoms with Crippen LogP contribution in [0.15, 0.2) is 85.1 Å². The Bertz CT molecular complexity index is 1600. The third kappa shape index (κ3) is 55.4. The number of aliphatic hydroxyl groups is 1. The summed E-state index contributed by atoms with van der Waals surface area (Å²) in [6.45, 7) is 4.45. The van der Waals surface area contributed by atoms with Crippen molar-refractivity contribution in [2.24, 2.45) is 0 Å². The van der Waals surface area contributed by atoms with Gasteiger partial charge in [0.1, 0.15) is 12.7 Å². The molecule has 0 radical (unpaired) electrons. The molecule has 0 aliphatic carbocycles. The molecule has 0 heterocycles. The summed E-state index contributed by atoms with van der Waals surface area (Å²) < 4.78 is 39.6. The summed E-state index contributed by atoms with van der Waals surface area (Å²) in [6.07, 6.45) is 66.8. The number of hydrogen-bond donors (Lipinski definition) is 2. The van der Waals surface area contributed by atoms with E-state index in [9.17, 15) is 28.9 Å². The van der Waals surface area contributed by atoms with Crippen LogP contribution in [0.25, 0.3) is 0 Å². The number of hydrogen-bond acceptors (Lipinski definition) is 10. The van der Waals surface area contributed by atoms with E-state index in [2.05, 4.69) is 106 Å². The minimum absolute atomic E-state index is 0.148. The van der Waals surface area contributed by atoms with Crippen LogP contribution < -0.4 is 0 Å². The number of phosphoric ester groups is 1. The molecule has 0 aliphatic rings.